The van der Waals surface area contributed by atoms with E-state index in [0.717, 1.165) is 64.2 Å². The fraction of sp³-hybridized carbons (Fsp3) is 0.455. The second kappa shape index (κ2) is 58.7. The Labute approximate surface area is 612 Å². The van der Waals surface area contributed by atoms with E-state index in [9.17, 15) is 0 Å². The quantitative estimate of drug-likeness (QED) is 0.0535. The third-order valence-corrected chi connectivity index (χ3v) is 18.0. The van der Waals surface area contributed by atoms with Gasteiger partial charge in [-0.2, -0.15) is 0 Å². The van der Waals surface area contributed by atoms with Crippen LogP contribution in [0, 0.1) is 0 Å². The van der Waals surface area contributed by atoms with E-state index in [-0.39, 0.29) is 0 Å². The van der Waals surface area contributed by atoms with Crippen LogP contribution in [0.15, 0.2) is 218 Å². The predicted molar refractivity (Wildman–Crippen MR) is 449 cm³/mol. The maximum Gasteiger partial charge on any atom is -0.0219 e. The molecule has 0 amide bonds. The number of hydrogen-bond acceptors (Lipinski definition) is 0. The van der Waals surface area contributed by atoms with Gasteiger partial charge in [0.25, 0.3) is 0 Å². The molecule has 0 bridgehead atoms. The molecule has 0 N–H and O–H groups in total. The smallest absolute Gasteiger partial charge is 0.0219 e. The van der Waals surface area contributed by atoms with Gasteiger partial charge in [-0.3, -0.25) is 0 Å². The Morgan fingerprint density at radius 1 is 0.182 bits per heavy atom. The van der Waals surface area contributed by atoms with Gasteiger partial charge in [0, 0.05) is 0 Å². The van der Waals surface area contributed by atoms with Crippen molar-refractivity contribution < 1.29 is 0 Å². The second-order valence-electron chi connectivity index (χ2n) is 26.8. The predicted octanol–water partition coefficient (Wildman–Crippen LogP) is 29.2. The number of rotatable bonds is 25. The van der Waals surface area contributed by atoms with Crippen LogP contribution in [-0.4, -0.2) is 0 Å². The molecule has 0 spiro atoms. The Bertz CT molecular complexity index is 3250. The SMILES string of the molecule is CCCCc1cccc(CC)c1.CCCc1ccc(C(C)C)cc1.CCCc1ccc(CC)cc1.CCCc1cccc(C(C)C)c1.CCCc1cccc(CC)c1.CCCc1ccccc1CC.CCc1ccc(CC)cc1.CCc1cccc(CC)c1.CCc1ccccc1CC. The van der Waals surface area contributed by atoms with Crippen LogP contribution in [0.2, 0.25) is 0 Å². The first-order chi connectivity index (χ1) is 48.1. The molecule has 9 aromatic carbocycles. The van der Waals surface area contributed by atoms with E-state index in [0.29, 0.717) is 11.8 Å². The van der Waals surface area contributed by atoms with Crippen molar-refractivity contribution in [3.05, 3.63) is 319 Å². The summed E-state index contributed by atoms with van der Waals surface area (Å²) in [6, 6.07) is 79.6. The van der Waals surface area contributed by atoms with Crippen molar-refractivity contribution in [2.75, 3.05) is 0 Å². The van der Waals surface area contributed by atoms with Gasteiger partial charge in [-0.05, 0) is 221 Å². The Morgan fingerprint density at radius 2 is 0.444 bits per heavy atom. The average molecular weight is 1330 g/mol. The molecule has 99 heavy (non-hydrogen) atoms. The van der Waals surface area contributed by atoms with Crippen LogP contribution >= 0.6 is 0 Å². The molecule has 0 aromatic heterocycles. The van der Waals surface area contributed by atoms with Gasteiger partial charge in [0.15, 0.2) is 0 Å². The van der Waals surface area contributed by atoms with E-state index in [4.69, 9.17) is 0 Å². The van der Waals surface area contributed by atoms with E-state index in [1.54, 1.807) is 0 Å². The van der Waals surface area contributed by atoms with Gasteiger partial charge < -0.3 is 0 Å². The second-order valence-corrected chi connectivity index (χ2v) is 26.8. The Morgan fingerprint density at radius 3 is 0.758 bits per heavy atom. The summed E-state index contributed by atoms with van der Waals surface area (Å²) in [5, 5.41) is 0. The minimum absolute atomic E-state index is 0.653. The van der Waals surface area contributed by atoms with E-state index in [2.05, 4.69) is 357 Å². The summed E-state index contributed by atoms with van der Waals surface area (Å²) in [7, 11) is 0. The minimum atomic E-state index is 0.653. The minimum Gasteiger partial charge on any atom is -0.0654 e. The van der Waals surface area contributed by atoms with Crippen molar-refractivity contribution in [1.82, 2.24) is 0 Å². The highest BCUT2D eigenvalue weighted by atomic mass is 14.1. The van der Waals surface area contributed by atoms with Crippen LogP contribution in [0.5, 0.6) is 0 Å². The molecule has 0 nitrogen and oxygen atoms in total. The summed E-state index contributed by atoms with van der Waals surface area (Å²) in [6.45, 7) is 44.3. The molecule has 0 fully saturated rings. The summed E-state index contributed by atoms with van der Waals surface area (Å²) in [5.74, 6) is 1.31. The van der Waals surface area contributed by atoms with Crippen LogP contribution in [0.1, 0.15) is 295 Å². The molecule has 0 saturated carbocycles. The molecule has 0 unspecified atom stereocenters. The highest BCUT2D eigenvalue weighted by molar-refractivity contribution is 5.31. The summed E-state index contributed by atoms with van der Waals surface area (Å²) in [4.78, 5) is 0. The molecule has 0 aliphatic carbocycles. The number of aryl methyl sites for hydroxylation is 16. The van der Waals surface area contributed by atoms with E-state index in [1.165, 1.54) is 184 Å². The van der Waals surface area contributed by atoms with E-state index < -0.39 is 0 Å². The zero-order valence-electron chi connectivity index (χ0n) is 67.2. The van der Waals surface area contributed by atoms with Crippen molar-refractivity contribution in [3.63, 3.8) is 0 Å². The van der Waals surface area contributed by atoms with E-state index in [1.807, 2.05) is 0 Å². The lowest BCUT2D eigenvalue weighted by Gasteiger charge is -2.06. The van der Waals surface area contributed by atoms with Crippen LogP contribution in [0.4, 0.5) is 0 Å². The number of hydrogen-bond donors (Lipinski definition) is 0. The van der Waals surface area contributed by atoms with Crippen molar-refractivity contribution in [1.29, 1.82) is 0 Å². The van der Waals surface area contributed by atoms with Crippen molar-refractivity contribution >= 4 is 0 Å². The average Bonchev–Trinajstić information content (AvgIpc) is 2.95. The van der Waals surface area contributed by atoms with Gasteiger partial charge in [0.1, 0.15) is 0 Å². The topological polar surface area (TPSA) is 0 Å². The monoisotopic (exact) mass is 1330 g/mol. The van der Waals surface area contributed by atoms with Crippen LogP contribution in [0.3, 0.4) is 0 Å². The van der Waals surface area contributed by atoms with Crippen molar-refractivity contribution in [3.8, 4) is 0 Å². The van der Waals surface area contributed by atoms with E-state index >= 15 is 0 Å². The van der Waals surface area contributed by atoms with Crippen molar-refractivity contribution in [2.45, 2.75) is 298 Å². The van der Waals surface area contributed by atoms with Crippen LogP contribution in [-0.2, 0) is 103 Å². The molecule has 0 saturated heterocycles. The third kappa shape index (κ3) is 41.4. The highest BCUT2D eigenvalue weighted by Crippen LogP contribution is 2.19. The van der Waals surface area contributed by atoms with Gasteiger partial charge >= 0.3 is 0 Å². The third-order valence-electron chi connectivity index (χ3n) is 18.0. The molecule has 0 radical (unpaired) electrons. The molecule has 9 aromatic rings. The van der Waals surface area contributed by atoms with Gasteiger partial charge in [-0.1, -0.05) is 395 Å². The first kappa shape index (κ1) is 90.0. The Balaban J connectivity index is 0.000000557. The molecule has 0 heterocycles. The molecule has 0 aliphatic heterocycles. The largest absolute Gasteiger partial charge is 0.0654 e. The molecule has 9 rings (SSSR count). The first-order valence-electron chi connectivity index (χ1n) is 39.8. The molecular weight excluding hydrogens is 1190 g/mol. The normalized spacial score (nSPS) is 10.1. The first-order valence-corrected chi connectivity index (χ1v) is 39.8. The lowest BCUT2D eigenvalue weighted by Crippen LogP contribution is -1.90. The molecule has 0 heteroatoms. The van der Waals surface area contributed by atoms with Gasteiger partial charge in [-0.15, -0.1) is 0 Å². The number of benzene rings is 9. The summed E-state index contributed by atoms with van der Waals surface area (Å²) < 4.78 is 0. The molecule has 0 aliphatic rings. The van der Waals surface area contributed by atoms with Crippen molar-refractivity contribution in [2.24, 2.45) is 0 Å². The number of unbranched alkanes of at least 4 members (excludes halogenated alkanes) is 1. The van der Waals surface area contributed by atoms with Gasteiger partial charge in [0.05, 0.1) is 0 Å². The van der Waals surface area contributed by atoms with Gasteiger partial charge in [0.2, 0.25) is 0 Å². The Hall–Kier alpha value is -7.02. The lowest BCUT2D eigenvalue weighted by atomic mass is 9.99. The maximum atomic E-state index is 2.33. The zero-order chi connectivity index (χ0) is 73.3. The van der Waals surface area contributed by atoms with Crippen LogP contribution in [0.25, 0.3) is 0 Å². The summed E-state index contributed by atoms with van der Waals surface area (Å²) in [5.41, 5.74) is 26.4. The molecule has 0 atom stereocenters. The maximum absolute atomic E-state index is 2.33. The Kier molecular flexibility index (Phi) is 53.4. The summed E-state index contributed by atoms with van der Waals surface area (Å²) >= 11 is 0. The fourth-order valence-corrected chi connectivity index (χ4v) is 11.4. The molecule has 540 valence electrons. The zero-order valence-corrected chi connectivity index (χ0v) is 67.2. The standard InChI is InChI=1S/3C12H18.3C11H16.3C10H14/c1-4-6-11-7-5-8-12(9-11)10(2)3;1-4-5-11-6-8-12(9-7-11)10(2)3;1-3-5-7-12-9-6-8-11(4-2)10-12;1-3-7-11-9-6-5-8-10(11)4-2;1-3-6-11-8-5-7-10(4-2)9-11;1-3-5-11-8-6-10(4-2)7-9-11;1-3-9-5-7-10(4-2)8-6-9;1-3-9-6-5-7-10(4-2)8-9;1-3-9-7-5-6-8-10(9)4-2/h5,7-10H,4,6H2,1-3H3;6-10H,4-5H2,1-3H3;6,8-10H,3-5,7H2,1-2H3;5-6,8-9H,3-4,7H2,1-2H3;5,7-9H,3-4,6H2,1-2H3;6-9H,3-5H2,1-2H3;3*5-8H,3-4H2,1-2H3. The lowest BCUT2D eigenvalue weighted by molar-refractivity contribution is 0.794. The molecular formula is C99H144. The highest BCUT2D eigenvalue weighted by Gasteiger charge is 2.02. The van der Waals surface area contributed by atoms with Crippen LogP contribution < -0.4 is 0 Å². The fourth-order valence-electron chi connectivity index (χ4n) is 11.4. The van der Waals surface area contributed by atoms with Gasteiger partial charge in [-0.25, -0.2) is 0 Å². The summed E-state index contributed by atoms with van der Waals surface area (Å²) in [6.07, 6.45) is 27.6.